The van der Waals surface area contributed by atoms with Crippen molar-refractivity contribution in [3.63, 3.8) is 0 Å². The molecule has 94 valence electrons. The number of hydrogen-bond acceptors (Lipinski definition) is 4. The highest BCUT2D eigenvalue weighted by atomic mass is 32.2. The monoisotopic (exact) mass is 255 g/mol. The van der Waals surface area contributed by atoms with Crippen LogP contribution in [0.3, 0.4) is 0 Å². The zero-order valence-electron chi connectivity index (χ0n) is 9.71. The maximum Gasteiger partial charge on any atom is 0.313 e. The Morgan fingerprint density at radius 1 is 1.41 bits per heavy atom. The predicted octanol–water partition coefficient (Wildman–Crippen LogP) is 1.16. The first kappa shape index (κ1) is 12.4. The molecule has 0 atom stereocenters. The second-order valence-electron chi connectivity index (χ2n) is 4.13. The van der Waals surface area contributed by atoms with Crippen LogP contribution in [0.15, 0.2) is 17.6 Å². The minimum absolute atomic E-state index is 0.0702. The van der Waals surface area contributed by atoms with E-state index in [-0.39, 0.29) is 5.75 Å². The number of imidazole rings is 1. The Morgan fingerprint density at radius 3 is 2.88 bits per heavy atom. The van der Waals surface area contributed by atoms with Crippen molar-refractivity contribution in [2.75, 3.05) is 25.4 Å². The Bertz CT molecular complexity index is 375. The molecule has 0 aliphatic carbocycles. The summed E-state index contributed by atoms with van der Waals surface area (Å²) in [5.41, 5.74) is 0. The maximum absolute atomic E-state index is 10.5. The molecule has 6 heteroatoms. The van der Waals surface area contributed by atoms with Gasteiger partial charge in [-0.25, -0.2) is 4.98 Å². The van der Waals surface area contributed by atoms with Crippen LogP contribution in [-0.4, -0.2) is 50.9 Å². The summed E-state index contributed by atoms with van der Waals surface area (Å²) in [5.74, 6) is -0.732. The van der Waals surface area contributed by atoms with Crippen molar-refractivity contribution in [1.82, 2.24) is 14.5 Å². The lowest BCUT2D eigenvalue weighted by Gasteiger charge is -2.15. The van der Waals surface area contributed by atoms with Crippen LogP contribution in [0.1, 0.15) is 12.8 Å². The smallest absolute Gasteiger partial charge is 0.313 e. The lowest BCUT2D eigenvalue weighted by molar-refractivity contribution is -0.133. The van der Waals surface area contributed by atoms with Crippen molar-refractivity contribution in [1.29, 1.82) is 0 Å². The van der Waals surface area contributed by atoms with Crippen LogP contribution < -0.4 is 0 Å². The van der Waals surface area contributed by atoms with E-state index in [2.05, 4.69) is 9.88 Å². The highest BCUT2D eigenvalue weighted by Crippen LogP contribution is 2.16. The van der Waals surface area contributed by atoms with Gasteiger partial charge >= 0.3 is 5.97 Å². The summed E-state index contributed by atoms with van der Waals surface area (Å²) in [7, 11) is 0. The van der Waals surface area contributed by atoms with Gasteiger partial charge < -0.3 is 14.6 Å². The third kappa shape index (κ3) is 3.74. The molecule has 1 N–H and O–H groups in total. The highest BCUT2D eigenvalue weighted by molar-refractivity contribution is 7.99. The zero-order valence-corrected chi connectivity index (χ0v) is 10.5. The summed E-state index contributed by atoms with van der Waals surface area (Å²) < 4.78 is 2.03. The average molecular weight is 255 g/mol. The zero-order chi connectivity index (χ0) is 12.1. The van der Waals surface area contributed by atoms with Crippen molar-refractivity contribution in [3.05, 3.63) is 12.4 Å². The van der Waals surface area contributed by atoms with Gasteiger partial charge in [-0.2, -0.15) is 0 Å². The third-order valence-electron chi connectivity index (χ3n) is 2.86. The largest absolute Gasteiger partial charge is 0.481 e. The predicted molar refractivity (Wildman–Crippen MR) is 66.3 cm³/mol. The van der Waals surface area contributed by atoms with Crippen molar-refractivity contribution >= 4 is 17.7 Å². The number of aromatic nitrogens is 2. The Kier molecular flexibility index (Phi) is 4.44. The molecule has 1 aromatic heterocycles. The first-order valence-electron chi connectivity index (χ1n) is 5.84. The number of hydrogen-bond donors (Lipinski definition) is 1. The SMILES string of the molecule is O=C(O)CSc1nccn1CCN1CCCC1. The van der Waals surface area contributed by atoms with Crippen LogP contribution in [0.5, 0.6) is 0 Å². The van der Waals surface area contributed by atoms with Gasteiger partial charge in [0.25, 0.3) is 0 Å². The molecule has 2 rings (SSSR count). The van der Waals surface area contributed by atoms with E-state index in [0.29, 0.717) is 0 Å². The molecular formula is C11H17N3O2S. The standard InChI is InChI=1S/C11H17N3O2S/c15-10(16)9-17-11-12-3-6-14(11)8-7-13-4-1-2-5-13/h3,6H,1-2,4-5,7-9H2,(H,15,16). The molecule has 0 spiro atoms. The molecule has 0 saturated carbocycles. The van der Waals surface area contributed by atoms with Gasteiger partial charge in [0, 0.05) is 25.5 Å². The molecule has 0 radical (unpaired) electrons. The number of thioether (sulfide) groups is 1. The molecule has 1 aromatic rings. The van der Waals surface area contributed by atoms with Crippen LogP contribution >= 0.6 is 11.8 Å². The summed E-state index contributed by atoms with van der Waals surface area (Å²) in [4.78, 5) is 17.1. The van der Waals surface area contributed by atoms with Gasteiger partial charge in [-0.1, -0.05) is 11.8 Å². The maximum atomic E-state index is 10.5. The summed E-state index contributed by atoms with van der Waals surface area (Å²) in [6, 6.07) is 0. The molecule has 5 nitrogen and oxygen atoms in total. The Hall–Kier alpha value is -1.01. The second-order valence-corrected chi connectivity index (χ2v) is 5.08. The number of likely N-dealkylation sites (tertiary alicyclic amines) is 1. The topological polar surface area (TPSA) is 58.4 Å². The Morgan fingerprint density at radius 2 is 2.18 bits per heavy atom. The Labute approximate surface area is 105 Å². The van der Waals surface area contributed by atoms with Gasteiger partial charge in [0.05, 0.1) is 5.75 Å². The summed E-state index contributed by atoms with van der Waals surface area (Å²) in [6.45, 7) is 4.29. The van der Waals surface area contributed by atoms with Crippen molar-refractivity contribution in [2.24, 2.45) is 0 Å². The van der Waals surface area contributed by atoms with E-state index in [1.54, 1.807) is 6.20 Å². The van der Waals surface area contributed by atoms with E-state index in [1.165, 1.54) is 37.7 Å². The minimum atomic E-state index is -0.802. The van der Waals surface area contributed by atoms with Gasteiger partial charge in [-0.05, 0) is 25.9 Å². The second kappa shape index (κ2) is 6.07. The normalized spacial score (nSPS) is 16.5. The summed E-state index contributed by atoms with van der Waals surface area (Å²) in [6.07, 6.45) is 6.24. The molecule has 1 aliphatic rings. The van der Waals surface area contributed by atoms with Gasteiger partial charge in [0.2, 0.25) is 0 Å². The number of rotatable bonds is 6. The molecular weight excluding hydrogens is 238 g/mol. The van der Waals surface area contributed by atoms with Crippen LogP contribution in [-0.2, 0) is 11.3 Å². The quantitative estimate of drug-likeness (QED) is 0.773. The van der Waals surface area contributed by atoms with E-state index >= 15 is 0 Å². The molecule has 0 bridgehead atoms. The van der Waals surface area contributed by atoms with Crippen LogP contribution in [0.4, 0.5) is 0 Å². The molecule has 0 aromatic carbocycles. The van der Waals surface area contributed by atoms with E-state index in [1.807, 2.05) is 10.8 Å². The molecule has 0 amide bonds. The number of aliphatic carboxylic acids is 1. The molecule has 1 saturated heterocycles. The van der Waals surface area contributed by atoms with E-state index in [4.69, 9.17) is 5.11 Å². The van der Waals surface area contributed by atoms with Gasteiger partial charge in [0.15, 0.2) is 5.16 Å². The molecule has 1 aliphatic heterocycles. The van der Waals surface area contributed by atoms with E-state index in [0.717, 1.165) is 18.2 Å². The number of nitrogens with zero attached hydrogens (tertiary/aromatic N) is 3. The molecule has 0 unspecified atom stereocenters. The lowest BCUT2D eigenvalue weighted by Crippen LogP contribution is -2.24. The van der Waals surface area contributed by atoms with E-state index in [9.17, 15) is 4.79 Å². The van der Waals surface area contributed by atoms with Crippen molar-refractivity contribution in [2.45, 2.75) is 24.5 Å². The fourth-order valence-electron chi connectivity index (χ4n) is 1.99. The fraction of sp³-hybridized carbons (Fsp3) is 0.636. The van der Waals surface area contributed by atoms with E-state index < -0.39 is 5.97 Å². The number of carbonyl (C=O) groups is 1. The fourth-order valence-corrected chi connectivity index (χ4v) is 2.69. The molecule has 1 fully saturated rings. The van der Waals surface area contributed by atoms with Gasteiger partial charge in [0.1, 0.15) is 0 Å². The first-order chi connectivity index (χ1) is 8.25. The highest BCUT2D eigenvalue weighted by Gasteiger charge is 2.12. The van der Waals surface area contributed by atoms with Crippen LogP contribution in [0.2, 0.25) is 0 Å². The summed E-state index contributed by atoms with van der Waals surface area (Å²) >= 11 is 1.28. The lowest BCUT2D eigenvalue weighted by atomic mass is 10.4. The van der Waals surface area contributed by atoms with Crippen molar-refractivity contribution in [3.8, 4) is 0 Å². The van der Waals surface area contributed by atoms with Crippen LogP contribution in [0, 0.1) is 0 Å². The van der Waals surface area contributed by atoms with Crippen LogP contribution in [0.25, 0.3) is 0 Å². The first-order valence-corrected chi connectivity index (χ1v) is 6.82. The van der Waals surface area contributed by atoms with Crippen molar-refractivity contribution < 1.29 is 9.90 Å². The molecule has 17 heavy (non-hydrogen) atoms. The van der Waals surface area contributed by atoms with Gasteiger partial charge in [-0.15, -0.1) is 0 Å². The minimum Gasteiger partial charge on any atom is -0.481 e. The van der Waals surface area contributed by atoms with Gasteiger partial charge in [-0.3, -0.25) is 4.79 Å². The summed E-state index contributed by atoms with van der Waals surface area (Å²) in [5, 5.41) is 9.44. The molecule has 2 heterocycles. The Balaban J connectivity index is 1.82. The number of carboxylic acid groups (broad SMARTS) is 1. The average Bonchev–Trinajstić information content (AvgIpc) is 2.95. The number of carboxylic acids is 1. The third-order valence-corrected chi connectivity index (χ3v) is 3.85.